The van der Waals surface area contributed by atoms with Gasteiger partial charge >= 0.3 is 6.09 Å². The number of Topliss-reactive ketones (excluding diaryl/α,β-unsaturated/α-hetero) is 1. The molecular weight excluding hydrogens is 388 g/mol. The lowest BCUT2D eigenvalue weighted by atomic mass is 9.71. The highest BCUT2D eigenvalue weighted by molar-refractivity contribution is 6.00. The number of rotatable bonds is 4. The van der Waals surface area contributed by atoms with Gasteiger partial charge in [-0.05, 0) is 49.3 Å². The second-order valence-corrected chi connectivity index (χ2v) is 8.46. The van der Waals surface area contributed by atoms with E-state index in [1.54, 1.807) is 0 Å². The van der Waals surface area contributed by atoms with Crippen molar-refractivity contribution in [3.63, 3.8) is 0 Å². The standard InChI is InChI=1S/C26H24N2O3/c29-23-9-4-8-22-21(23)16-20(17-6-2-1-3-7-17)24(27-22)18-10-12-19(13-11-18)26(14-5-15-26)28-25(30)31/h1-3,6-7,10-13,16,28H,4-5,8-9,14-15H2,(H,30,31). The first kappa shape index (κ1) is 19.5. The van der Waals surface area contributed by atoms with Crippen molar-refractivity contribution in [2.75, 3.05) is 0 Å². The van der Waals surface area contributed by atoms with Crippen LogP contribution in [0.5, 0.6) is 0 Å². The van der Waals surface area contributed by atoms with Crippen molar-refractivity contribution in [2.24, 2.45) is 0 Å². The maximum Gasteiger partial charge on any atom is 0.405 e. The van der Waals surface area contributed by atoms with E-state index in [0.717, 1.165) is 71.3 Å². The zero-order chi connectivity index (χ0) is 21.4. The van der Waals surface area contributed by atoms with Crippen molar-refractivity contribution in [1.82, 2.24) is 10.3 Å². The molecule has 31 heavy (non-hydrogen) atoms. The molecule has 2 N–H and O–H groups in total. The van der Waals surface area contributed by atoms with Crippen molar-refractivity contribution in [2.45, 2.75) is 44.1 Å². The number of ketones is 1. The lowest BCUT2D eigenvalue weighted by molar-refractivity contribution is 0.0971. The highest BCUT2D eigenvalue weighted by Crippen LogP contribution is 2.42. The van der Waals surface area contributed by atoms with Gasteiger partial charge in [0.05, 0.1) is 16.9 Å². The molecule has 156 valence electrons. The Morgan fingerprint density at radius 3 is 2.29 bits per heavy atom. The highest BCUT2D eigenvalue weighted by atomic mass is 16.4. The normalized spacial score (nSPS) is 16.8. The molecule has 0 bridgehead atoms. The van der Waals surface area contributed by atoms with Crippen molar-refractivity contribution in [3.05, 3.63) is 77.5 Å². The minimum Gasteiger partial charge on any atom is -0.465 e. The number of carboxylic acid groups (broad SMARTS) is 1. The third-order valence-electron chi connectivity index (χ3n) is 6.57. The second-order valence-electron chi connectivity index (χ2n) is 8.46. The molecule has 5 rings (SSSR count). The Kier molecular flexibility index (Phi) is 4.81. The van der Waals surface area contributed by atoms with E-state index >= 15 is 0 Å². The maximum atomic E-state index is 12.5. The summed E-state index contributed by atoms with van der Waals surface area (Å²) in [6.45, 7) is 0. The Balaban J connectivity index is 1.60. The van der Waals surface area contributed by atoms with Crippen LogP contribution in [0.3, 0.4) is 0 Å². The van der Waals surface area contributed by atoms with E-state index in [9.17, 15) is 14.7 Å². The predicted molar refractivity (Wildman–Crippen MR) is 119 cm³/mol. The first-order chi connectivity index (χ1) is 15.1. The molecule has 1 heterocycles. The van der Waals surface area contributed by atoms with Crippen LogP contribution >= 0.6 is 0 Å². The molecule has 0 unspecified atom stereocenters. The van der Waals surface area contributed by atoms with Gasteiger partial charge in [0.2, 0.25) is 0 Å². The van der Waals surface area contributed by atoms with Gasteiger partial charge in [-0.1, -0.05) is 54.6 Å². The molecule has 5 heteroatoms. The average Bonchev–Trinajstić information content (AvgIpc) is 2.76. The Hall–Kier alpha value is -3.47. The summed E-state index contributed by atoms with van der Waals surface area (Å²) >= 11 is 0. The molecule has 2 aliphatic rings. The van der Waals surface area contributed by atoms with E-state index in [0.29, 0.717) is 6.42 Å². The molecule has 1 fully saturated rings. The summed E-state index contributed by atoms with van der Waals surface area (Å²) in [4.78, 5) is 28.7. The predicted octanol–water partition coefficient (Wildman–Crippen LogP) is 5.58. The van der Waals surface area contributed by atoms with Gasteiger partial charge in [-0.3, -0.25) is 9.78 Å². The van der Waals surface area contributed by atoms with Gasteiger partial charge in [0.1, 0.15) is 0 Å². The van der Waals surface area contributed by atoms with Crippen LogP contribution in [0.4, 0.5) is 4.79 Å². The van der Waals surface area contributed by atoms with E-state index < -0.39 is 11.6 Å². The van der Waals surface area contributed by atoms with Gasteiger partial charge in [-0.25, -0.2) is 4.79 Å². The lowest BCUT2D eigenvalue weighted by Gasteiger charge is -2.42. The number of amides is 1. The van der Waals surface area contributed by atoms with E-state index in [1.165, 1.54) is 0 Å². The monoisotopic (exact) mass is 412 g/mol. The third-order valence-corrected chi connectivity index (χ3v) is 6.57. The number of hydrogen-bond donors (Lipinski definition) is 2. The number of pyridine rings is 1. The summed E-state index contributed by atoms with van der Waals surface area (Å²) in [5, 5.41) is 12.0. The molecule has 3 aromatic rings. The Bertz CT molecular complexity index is 1150. The molecule has 0 radical (unpaired) electrons. The Labute approximate surface area is 181 Å². The van der Waals surface area contributed by atoms with Gasteiger partial charge in [0.25, 0.3) is 0 Å². The zero-order valence-electron chi connectivity index (χ0n) is 17.2. The van der Waals surface area contributed by atoms with E-state index in [2.05, 4.69) is 5.32 Å². The summed E-state index contributed by atoms with van der Waals surface area (Å²) in [6, 6.07) is 20.1. The van der Waals surface area contributed by atoms with Crippen molar-refractivity contribution < 1.29 is 14.7 Å². The first-order valence-corrected chi connectivity index (χ1v) is 10.8. The minimum atomic E-state index is -0.990. The number of aryl methyl sites for hydroxylation is 1. The van der Waals surface area contributed by atoms with Crippen LogP contribution in [-0.2, 0) is 12.0 Å². The number of nitrogens with zero attached hydrogens (tertiary/aromatic N) is 1. The fourth-order valence-electron chi connectivity index (χ4n) is 4.76. The van der Waals surface area contributed by atoms with Crippen LogP contribution in [0.25, 0.3) is 22.4 Å². The van der Waals surface area contributed by atoms with E-state index in [-0.39, 0.29) is 5.78 Å². The average molecular weight is 412 g/mol. The summed E-state index contributed by atoms with van der Waals surface area (Å²) in [7, 11) is 0. The Morgan fingerprint density at radius 2 is 1.65 bits per heavy atom. The molecule has 0 aliphatic heterocycles. The lowest BCUT2D eigenvalue weighted by Crippen LogP contribution is -2.50. The molecule has 0 spiro atoms. The fraction of sp³-hybridized carbons (Fsp3) is 0.269. The molecule has 1 saturated carbocycles. The number of aromatic nitrogens is 1. The van der Waals surface area contributed by atoms with Crippen molar-refractivity contribution in [1.29, 1.82) is 0 Å². The third kappa shape index (κ3) is 3.50. The van der Waals surface area contributed by atoms with Crippen molar-refractivity contribution in [3.8, 4) is 22.4 Å². The number of carbonyl (C=O) groups excluding carboxylic acids is 1. The fourth-order valence-corrected chi connectivity index (χ4v) is 4.76. The number of carbonyl (C=O) groups is 2. The Morgan fingerprint density at radius 1 is 0.903 bits per heavy atom. The highest BCUT2D eigenvalue weighted by Gasteiger charge is 2.40. The first-order valence-electron chi connectivity index (χ1n) is 10.8. The van der Waals surface area contributed by atoms with Gasteiger partial charge in [-0.2, -0.15) is 0 Å². The largest absolute Gasteiger partial charge is 0.465 e. The van der Waals surface area contributed by atoms with Crippen LogP contribution in [0, 0.1) is 0 Å². The van der Waals surface area contributed by atoms with Crippen LogP contribution in [0.1, 0.15) is 53.7 Å². The number of hydrogen-bond acceptors (Lipinski definition) is 3. The molecule has 1 amide bonds. The molecule has 0 atom stereocenters. The summed E-state index contributed by atoms with van der Waals surface area (Å²) < 4.78 is 0. The molecule has 0 saturated heterocycles. The molecule has 1 aromatic heterocycles. The molecular formula is C26H24N2O3. The smallest absolute Gasteiger partial charge is 0.405 e. The molecule has 2 aromatic carbocycles. The minimum absolute atomic E-state index is 0.166. The second kappa shape index (κ2) is 7.65. The number of benzene rings is 2. The van der Waals surface area contributed by atoms with Gasteiger partial charge in [0, 0.05) is 23.1 Å². The van der Waals surface area contributed by atoms with Gasteiger partial charge < -0.3 is 10.4 Å². The van der Waals surface area contributed by atoms with Crippen LogP contribution in [-0.4, -0.2) is 22.0 Å². The van der Waals surface area contributed by atoms with Crippen molar-refractivity contribution >= 4 is 11.9 Å². The molecule has 2 aliphatic carbocycles. The topological polar surface area (TPSA) is 79.3 Å². The van der Waals surface area contributed by atoms with E-state index in [1.807, 2.05) is 60.7 Å². The quantitative estimate of drug-likeness (QED) is 0.586. The van der Waals surface area contributed by atoms with E-state index in [4.69, 9.17) is 4.98 Å². The van der Waals surface area contributed by atoms with Crippen LogP contribution in [0.15, 0.2) is 60.7 Å². The maximum absolute atomic E-state index is 12.5. The number of nitrogens with one attached hydrogen (secondary N) is 1. The summed E-state index contributed by atoms with van der Waals surface area (Å²) in [6.07, 6.45) is 3.88. The summed E-state index contributed by atoms with van der Waals surface area (Å²) in [5.41, 5.74) is 5.92. The number of fused-ring (bicyclic) bond motifs is 1. The SMILES string of the molecule is O=C(O)NC1(c2ccc(-c3nc4c(cc3-c3ccccc3)C(=O)CCC4)cc2)CCC1. The van der Waals surface area contributed by atoms with Crippen LogP contribution < -0.4 is 5.32 Å². The zero-order valence-corrected chi connectivity index (χ0v) is 17.2. The van der Waals surface area contributed by atoms with Gasteiger partial charge in [-0.15, -0.1) is 0 Å². The summed E-state index contributed by atoms with van der Waals surface area (Å²) in [5.74, 6) is 0.166. The van der Waals surface area contributed by atoms with Crippen LogP contribution in [0.2, 0.25) is 0 Å². The van der Waals surface area contributed by atoms with Gasteiger partial charge in [0.15, 0.2) is 5.78 Å². The molecule has 5 nitrogen and oxygen atoms in total.